The van der Waals surface area contributed by atoms with Crippen molar-refractivity contribution in [2.45, 2.75) is 38.0 Å². The number of thiazole rings is 1. The van der Waals surface area contributed by atoms with Crippen LogP contribution in [0.5, 0.6) is 5.75 Å². The Morgan fingerprint density at radius 2 is 2.21 bits per heavy atom. The van der Waals surface area contributed by atoms with Crippen LogP contribution in [0, 0.1) is 0 Å². The zero-order valence-electron chi connectivity index (χ0n) is 14.1. The van der Waals surface area contributed by atoms with Crippen LogP contribution in [0.15, 0.2) is 35.8 Å². The molecule has 1 amide bonds. The number of hydrogen-bond donors (Lipinski definition) is 0. The van der Waals surface area contributed by atoms with Gasteiger partial charge >= 0.3 is 0 Å². The quantitative estimate of drug-likeness (QED) is 0.798. The first-order valence-electron chi connectivity index (χ1n) is 8.56. The van der Waals surface area contributed by atoms with Gasteiger partial charge in [-0.05, 0) is 43.4 Å². The molecule has 1 aromatic carbocycles. The molecule has 1 atom stereocenters. The van der Waals surface area contributed by atoms with Crippen LogP contribution in [0.4, 0.5) is 0 Å². The van der Waals surface area contributed by atoms with E-state index in [4.69, 9.17) is 4.74 Å². The highest BCUT2D eigenvalue weighted by atomic mass is 32.1. The normalized spacial score (nSPS) is 17.7. The molecular formula is C19H24N2O2S. The average Bonchev–Trinajstić information content (AvgIpc) is 3.17. The number of methoxy groups -OCH3 is 1. The van der Waals surface area contributed by atoms with Crippen molar-refractivity contribution >= 4 is 17.2 Å². The SMILES string of the molecule is COc1ccc(CCCC(=O)N2CCC[C@@H](c3nccs3)C2)cc1. The summed E-state index contributed by atoms with van der Waals surface area (Å²) in [7, 11) is 1.67. The molecule has 0 radical (unpaired) electrons. The number of rotatable bonds is 6. The number of benzene rings is 1. The molecule has 0 spiro atoms. The molecule has 3 rings (SSSR count). The smallest absolute Gasteiger partial charge is 0.222 e. The molecule has 0 bridgehead atoms. The third-order valence-electron chi connectivity index (χ3n) is 4.59. The van der Waals surface area contributed by atoms with E-state index in [9.17, 15) is 4.79 Å². The Kier molecular flexibility index (Phi) is 5.86. The van der Waals surface area contributed by atoms with Gasteiger partial charge in [0.2, 0.25) is 5.91 Å². The minimum Gasteiger partial charge on any atom is -0.497 e. The molecule has 0 N–H and O–H groups in total. The fourth-order valence-electron chi connectivity index (χ4n) is 3.24. The van der Waals surface area contributed by atoms with Gasteiger partial charge in [-0.1, -0.05) is 12.1 Å². The molecule has 1 saturated heterocycles. The third-order valence-corrected chi connectivity index (χ3v) is 5.53. The van der Waals surface area contributed by atoms with Gasteiger partial charge in [-0.15, -0.1) is 11.3 Å². The molecule has 2 aromatic rings. The van der Waals surface area contributed by atoms with E-state index < -0.39 is 0 Å². The number of aromatic nitrogens is 1. The fraction of sp³-hybridized carbons (Fsp3) is 0.474. The van der Waals surface area contributed by atoms with E-state index in [1.54, 1.807) is 18.4 Å². The maximum Gasteiger partial charge on any atom is 0.222 e. The monoisotopic (exact) mass is 344 g/mol. The molecule has 2 heterocycles. The first-order valence-corrected chi connectivity index (χ1v) is 9.44. The van der Waals surface area contributed by atoms with Crippen molar-refractivity contribution in [1.82, 2.24) is 9.88 Å². The van der Waals surface area contributed by atoms with Gasteiger partial charge in [0.15, 0.2) is 0 Å². The topological polar surface area (TPSA) is 42.4 Å². The summed E-state index contributed by atoms with van der Waals surface area (Å²) in [4.78, 5) is 18.9. The van der Waals surface area contributed by atoms with Crippen LogP contribution in [-0.2, 0) is 11.2 Å². The number of likely N-dealkylation sites (tertiary alicyclic amines) is 1. The zero-order valence-corrected chi connectivity index (χ0v) is 14.9. The van der Waals surface area contributed by atoms with E-state index >= 15 is 0 Å². The summed E-state index contributed by atoms with van der Waals surface area (Å²) in [6.45, 7) is 1.72. The summed E-state index contributed by atoms with van der Waals surface area (Å²) < 4.78 is 5.17. The second-order valence-electron chi connectivity index (χ2n) is 6.25. The van der Waals surface area contributed by atoms with Crippen molar-refractivity contribution in [2.75, 3.05) is 20.2 Å². The Morgan fingerprint density at radius 1 is 1.38 bits per heavy atom. The summed E-state index contributed by atoms with van der Waals surface area (Å²) in [6.07, 6.45) is 6.52. The van der Waals surface area contributed by atoms with Gasteiger partial charge in [0.25, 0.3) is 0 Å². The van der Waals surface area contributed by atoms with E-state index in [0.29, 0.717) is 12.3 Å². The van der Waals surface area contributed by atoms with Crippen LogP contribution >= 0.6 is 11.3 Å². The van der Waals surface area contributed by atoms with Crippen LogP contribution < -0.4 is 4.74 Å². The highest BCUT2D eigenvalue weighted by Crippen LogP contribution is 2.28. The first kappa shape index (κ1) is 17.0. The minimum atomic E-state index is 0.282. The zero-order chi connectivity index (χ0) is 16.8. The van der Waals surface area contributed by atoms with Gasteiger partial charge in [-0.25, -0.2) is 4.98 Å². The summed E-state index contributed by atoms with van der Waals surface area (Å²) in [5, 5.41) is 3.19. The van der Waals surface area contributed by atoms with Crippen molar-refractivity contribution in [1.29, 1.82) is 0 Å². The first-order chi connectivity index (χ1) is 11.8. The second kappa shape index (κ2) is 8.29. The highest BCUT2D eigenvalue weighted by molar-refractivity contribution is 7.09. The number of ether oxygens (including phenoxy) is 1. The third kappa shape index (κ3) is 4.35. The molecule has 1 aliphatic heterocycles. The molecule has 0 saturated carbocycles. The minimum absolute atomic E-state index is 0.282. The lowest BCUT2D eigenvalue weighted by Gasteiger charge is -2.32. The lowest BCUT2D eigenvalue weighted by Crippen LogP contribution is -2.39. The van der Waals surface area contributed by atoms with E-state index in [2.05, 4.69) is 17.1 Å². The van der Waals surface area contributed by atoms with Gasteiger partial charge in [0, 0.05) is 37.0 Å². The van der Waals surface area contributed by atoms with Crippen LogP contribution in [0.2, 0.25) is 0 Å². The van der Waals surface area contributed by atoms with Gasteiger partial charge in [0.1, 0.15) is 5.75 Å². The van der Waals surface area contributed by atoms with E-state index in [0.717, 1.165) is 44.5 Å². The summed E-state index contributed by atoms with van der Waals surface area (Å²) in [5.74, 6) is 1.57. The van der Waals surface area contributed by atoms with Crippen molar-refractivity contribution in [3.63, 3.8) is 0 Å². The molecule has 1 aromatic heterocycles. The van der Waals surface area contributed by atoms with Gasteiger partial charge in [-0.3, -0.25) is 4.79 Å². The molecule has 128 valence electrons. The predicted molar refractivity (Wildman–Crippen MR) is 96.6 cm³/mol. The second-order valence-corrected chi connectivity index (χ2v) is 7.18. The van der Waals surface area contributed by atoms with Gasteiger partial charge in [-0.2, -0.15) is 0 Å². The maximum absolute atomic E-state index is 12.5. The lowest BCUT2D eigenvalue weighted by atomic mass is 9.98. The molecule has 0 unspecified atom stereocenters. The lowest BCUT2D eigenvalue weighted by molar-refractivity contribution is -0.132. The number of hydrogen-bond acceptors (Lipinski definition) is 4. The Bertz CT molecular complexity index is 640. The summed E-state index contributed by atoms with van der Waals surface area (Å²) in [6, 6.07) is 8.09. The molecule has 1 fully saturated rings. The van der Waals surface area contributed by atoms with Crippen LogP contribution in [-0.4, -0.2) is 36.0 Å². The number of aryl methyl sites for hydroxylation is 1. The maximum atomic E-state index is 12.5. The number of carbonyl (C=O) groups is 1. The van der Waals surface area contributed by atoms with E-state index in [1.807, 2.05) is 28.6 Å². The van der Waals surface area contributed by atoms with Crippen molar-refractivity contribution in [3.05, 3.63) is 46.4 Å². The Balaban J connectivity index is 1.45. The highest BCUT2D eigenvalue weighted by Gasteiger charge is 2.25. The Morgan fingerprint density at radius 3 is 2.92 bits per heavy atom. The molecule has 4 nitrogen and oxygen atoms in total. The van der Waals surface area contributed by atoms with Gasteiger partial charge < -0.3 is 9.64 Å². The fourth-order valence-corrected chi connectivity index (χ4v) is 4.00. The van der Waals surface area contributed by atoms with Crippen LogP contribution in [0.25, 0.3) is 0 Å². The molecular weight excluding hydrogens is 320 g/mol. The molecule has 5 heteroatoms. The summed E-state index contributed by atoms with van der Waals surface area (Å²) in [5.41, 5.74) is 1.25. The van der Waals surface area contributed by atoms with Gasteiger partial charge in [0.05, 0.1) is 12.1 Å². The van der Waals surface area contributed by atoms with Crippen molar-refractivity contribution in [3.8, 4) is 5.75 Å². The predicted octanol–water partition coefficient (Wildman–Crippen LogP) is 3.88. The number of piperidine rings is 1. The molecule has 1 aliphatic rings. The average molecular weight is 344 g/mol. The Hall–Kier alpha value is -1.88. The van der Waals surface area contributed by atoms with Crippen molar-refractivity contribution in [2.24, 2.45) is 0 Å². The van der Waals surface area contributed by atoms with Crippen molar-refractivity contribution < 1.29 is 9.53 Å². The number of carbonyl (C=O) groups excluding carboxylic acids is 1. The van der Waals surface area contributed by atoms with Crippen LogP contribution in [0.3, 0.4) is 0 Å². The number of amides is 1. The largest absolute Gasteiger partial charge is 0.497 e. The summed E-state index contributed by atoms with van der Waals surface area (Å²) >= 11 is 1.70. The molecule has 24 heavy (non-hydrogen) atoms. The standard InChI is InChI=1S/C19H24N2O2S/c1-23-17-9-7-15(8-10-17)4-2-6-18(22)21-12-3-5-16(14-21)19-20-11-13-24-19/h7-11,13,16H,2-6,12,14H2,1H3/t16-/m1/s1. The van der Waals surface area contributed by atoms with E-state index in [-0.39, 0.29) is 5.91 Å². The van der Waals surface area contributed by atoms with Crippen LogP contribution in [0.1, 0.15) is 42.2 Å². The Labute approximate surface area is 147 Å². The molecule has 0 aliphatic carbocycles. The van der Waals surface area contributed by atoms with E-state index in [1.165, 1.54) is 10.6 Å². The number of nitrogens with zero attached hydrogens (tertiary/aromatic N) is 2.